The molecular formula is C14H17ClFNO4. The average Bonchev–Trinajstić information content (AvgIpc) is 2.38. The summed E-state index contributed by atoms with van der Waals surface area (Å²) in [6.07, 6.45) is -0.490. The summed E-state index contributed by atoms with van der Waals surface area (Å²) < 4.78 is 18.6. The first kappa shape index (κ1) is 17.4. The van der Waals surface area contributed by atoms with Crippen LogP contribution in [0.1, 0.15) is 31.9 Å². The largest absolute Gasteiger partial charge is 0.481 e. The molecule has 0 saturated heterocycles. The minimum atomic E-state index is -1.11. The van der Waals surface area contributed by atoms with Gasteiger partial charge in [0.05, 0.1) is 23.6 Å². The number of halogens is 2. The normalized spacial score (nSPS) is 12.2. The summed E-state index contributed by atoms with van der Waals surface area (Å²) in [6.45, 7) is 3.36. The lowest BCUT2D eigenvalue weighted by Gasteiger charge is -2.18. The van der Waals surface area contributed by atoms with E-state index in [1.165, 1.54) is 12.1 Å². The van der Waals surface area contributed by atoms with Crippen LogP contribution in [0.25, 0.3) is 0 Å². The Morgan fingerprint density at radius 1 is 1.43 bits per heavy atom. The third-order valence-corrected chi connectivity index (χ3v) is 2.91. The van der Waals surface area contributed by atoms with Gasteiger partial charge in [0.25, 0.3) is 0 Å². The standard InChI is InChI=1S/C14H17ClFNO4/c1-8(2)21-7-13(18)17-12(6-14(19)20)9-3-4-10(15)11(16)5-9/h3-5,8,12H,6-7H2,1-2H3,(H,17,18)(H,19,20). The van der Waals surface area contributed by atoms with Crippen molar-refractivity contribution in [3.63, 3.8) is 0 Å². The van der Waals surface area contributed by atoms with Gasteiger partial charge in [0, 0.05) is 0 Å². The van der Waals surface area contributed by atoms with Crippen LogP contribution >= 0.6 is 11.6 Å². The van der Waals surface area contributed by atoms with Gasteiger partial charge >= 0.3 is 5.97 Å². The van der Waals surface area contributed by atoms with Crippen molar-refractivity contribution in [1.29, 1.82) is 0 Å². The van der Waals surface area contributed by atoms with Crippen molar-refractivity contribution in [3.8, 4) is 0 Å². The molecule has 0 spiro atoms. The Morgan fingerprint density at radius 3 is 2.62 bits per heavy atom. The van der Waals surface area contributed by atoms with E-state index in [1.54, 1.807) is 13.8 Å². The Hall–Kier alpha value is -1.66. The molecule has 116 valence electrons. The first-order valence-corrected chi connectivity index (χ1v) is 6.75. The molecule has 7 heteroatoms. The van der Waals surface area contributed by atoms with Crippen LogP contribution in [0.5, 0.6) is 0 Å². The molecule has 1 atom stereocenters. The molecule has 1 aromatic rings. The molecule has 1 unspecified atom stereocenters. The zero-order valence-electron chi connectivity index (χ0n) is 11.7. The number of nitrogens with one attached hydrogen (secondary N) is 1. The van der Waals surface area contributed by atoms with Gasteiger partial charge in [0.15, 0.2) is 0 Å². The first-order valence-electron chi connectivity index (χ1n) is 6.37. The van der Waals surface area contributed by atoms with E-state index in [4.69, 9.17) is 21.4 Å². The number of hydrogen-bond donors (Lipinski definition) is 2. The second kappa shape index (κ2) is 7.95. The zero-order valence-corrected chi connectivity index (χ0v) is 12.5. The Balaban J connectivity index is 2.82. The van der Waals surface area contributed by atoms with Gasteiger partial charge in [-0.1, -0.05) is 17.7 Å². The van der Waals surface area contributed by atoms with Crippen LogP contribution in [0.3, 0.4) is 0 Å². The maximum atomic E-state index is 13.5. The summed E-state index contributed by atoms with van der Waals surface area (Å²) in [5.74, 6) is -2.25. The highest BCUT2D eigenvalue weighted by Gasteiger charge is 2.19. The minimum absolute atomic E-state index is 0.0673. The molecule has 0 aliphatic heterocycles. The van der Waals surface area contributed by atoms with Crippen LogP contribution in [0.15, 0.2) is 18.2 Å². The van der Waals surface area contributed by atoms with E-state index >= 15 is 0 Å². The van der Waals surface area contributed by atoms with Gasteiger partial charge in [-0.3, -0.25) is 9.59 Å². The molecule has 0 aliphatic carbocycles. The highest BCUT2D eigenvalue weighted by molar-refractivity contribution is 6.30. The minimum Gasteiger partial charge on any atom is -0.481 e. The molecule has 0 fully saturated rings. The number of amides is 1. The summed E-state index contributed by atoms with van der Waals surface area (Å²) >= 11 is 5.58. The highest BCUT2D eigenvalue weighted by Crippen LogP contribution is 2.22. The van der Waals surface area contributed by atoms with Gasteiger partial charge in [-0.05, 0) is 31.5 Å². The zero-order chi connectivity index (χ0) is 16.0. The maximum Gasteiger partial charge on any atom is 0.305 e. The van der Waals surface area contributed by atoms with Gasteiger partial charge in [-0.2, -0.15) is 0 Å². The van der Waals surface area contributed by atoms with E-state index < -0.39 is 23.7 Å². The molecule has 1 rings (SSSR count). The third-order valence-electron chi connectivity index (χ3n) is 2.61. The van der Waals surface area contributed by atoms with Crippen LogP contribution in [0.2, 0.25) is 5.02 Å². The number of ether oxygens (including phenoxy) is 1. The predicted molar refractivity (Wildman–Crippen MR) is 75.6 cm³/mol. The molecule has 0 radical (unpaired) electrons. The summed E-state index contributed by atoms with van der Waals surface area (Å²) in [4.78, 5) is 22.6. The Kier molecular flexibility index (Phi) is 6.58. The van der Waals surface area contributed by atoms with E-state index in [9.17, 15) is 14.0 Å². The topological polar surface area (TPSA) is 75.6 Å². The fourth-order valence-electron chi connectivity index (χ4n) is 1.63. The third kappa shape index (κ3) is 6.10. The monoisotopic (exact) mass is 317 g/mol. The lowest BCUT2D eigenvalue weighted by molar-refractivity contribution is -0.138. The number of carboxylic acid groups (broad SMARTS) is 1. The van der Waals surface area contributed by atoms with Crippen molar-refractivity contribution in [3.05, 3.63) is 34.6 Å². The Bertz CT molecular complexity index is 522. The molecule has 1 aromatic carbocycles. The van der Waals surface area contributed by atoms with Crippen LogP contribution in [-0.4, -0.2) is 29.7 Å². The van der Waals surface area contributed by atoms with Gasteiger partial charge < -0.3 is 15.2 Å². The van der Waals surface area contributed by atoms with Gasteiger partial charge in [-0.15, -0.1) is 0 Å². The van der Waals surface area contributed by atoms with Crippen LogP contribution < -0.4 is 5.32 Å². The van der Waals surface area contributed by atoms with Crippen molar-refractivity contribution >= 4 is 23.5 Å². The van der Waals surface area contributed by atoms with Crippen molar-refractivity contribution < 1.29 is 23.8 Å². The molecule has 0 saturated carbocycles. The van der Waals surface area contributed by atoms with E-state index in [0.29, 0.717) is 5.56 Å². The van der Waals surface area contributed by atoms with Gasteiger partial charge in [0.1, 0.15) is 12.4 Å². The second-order valence-corrected chi connectivity index (χ2v) is 5.16. The number of carbonyl (C=O) groups excluding carboxylic acids is 1. The quantitative estimate of drug-likeness (QED) is 0.810. The lowest BCUT2D eigenvalue weighted by Crippen LogP contribution is -2.33. The predicted octanol–water partition coefficient (Wildman–Crippen LogP) is 2.54. The fourth-order valence-corrected chi connectivity index (χ4v) is 1.75. The van der Waals surface area contributed by atoms with Crippen molar-refractivity contribution in [2.75, 3.05) is 6.61 Å². The summed E-state index contributed by atoms with van der Waals surface area (Å²) in [5, 5.41) is 11.3. The summed E-state index contributed by atoms with van der Waals surface area (Å²) in [7, 11) is 0. The number of rotatable bonds is 7. The van der Waals surface area contributed by atoms with E-state index in [0.717, 1.165) is 6.07 Å². The second-order valence-electron chi connectivity index (χ2n) is 4.75. The number of benzene rings is 1. The lowest BCUT2D eigenvalue weighted by atomic mass is 10.0. The molecule has 0 heterocycles. The van der Waals surface area contributed by atoms with Crippen LogP contribution in [-0.2, 0) is 14.3 Å². The molecule has 0 aliphatic rings. The molecule has 0 bridgehead atoms. The molecule has 1 amide bonds. The van der Waals surface area contributed by atoms with Gasteiger partial charge in [0.2, 0.25) is 5.91 Å². The summed E-state index contributed by atoms with van der Waals surface area (Å²) in [6, 6.07) is 3.05. The van der Waals surface area contributed by atoms with Crippen molar-refractivity contribution in [1.82, 2.24) is 5.32 Å². The molecule has 2 N–H and O–H groups in total. The number of carbonyl (C=O) groups is 2. The molecule has 21 heavy (non-hydrogen) atoms. The fraction of sp³-hybridized carbons (Fsp3) is 0.429. The van der Waals surface area contributed by atoms with E-state index in [2.05, 4.69) is 5.32 Å². The number of hydrogen-bond acceptors (Lipinski definition) is 3. The maximum absolute atomic E-state index is 13.5. The Labute approximate surface area is 127 Å². The summed E-state index contributed by atoms with van der Waals surface area (Å²) in [5.41, 5.74) is 0.331. The smallest absolute Gasteiger partial charge is 0.305 e. The van der Waals surface area contributed by atoms with Crippen molar-refractivity contribution in [2.24, 2.45) is 0 Å². The van der Waals surface area contributed by atoms with Gasteiger partial charge in [-0.25, -0.2) is 4.39 Å². The Morgan fingerprint density at radius 2 is 2.10 bits per heavy atom. The number of aliphatic carboxylic acids is 1. The van der Waals surface area contributed by atoms with E-state index in [1.807, 2.05) is 0 Å². The highest BCUT2D eigenvalue weighted by atomic mass is 35.5. The molecule has 0 aromatic heterocycles. The van der Waals surface area contributed by atoms with E-state index in [-0.39, 0.29) is 24.2 Å². The first-order chi connectivity index (χ1) is 9.79. The van der Waals surface area contributed by atoms with Crippen LogP contribution in [0, 0.1) is 5.82 Å². The molecule has 5 nitrogen and oxygen atoms in total. The molecular weight excluding hydrogens is 301 g/mol. The number of carboxylic acids is 1. The average molecular weight is 318 g/mol. The van der Waals surface area contributed by atoms with Crippen molar-refractivity contribution in [2.45, 2.75) is 32.4 Å². The van der Waals surface area contributed by atoms with Crippen LogP contribution in [0.4, 0.5) is 4.39 Å². The SMILES string of the molecule is CC(C)OCC(=O)NC(CC(=O)O)c1ccc(Cl)c(F)c1.